The van der Waals surface area contributed by atoms with Crippen LogP contribution in [0, 0.1) is 6.92 Å². The van der Waals surface area contributed by atoms with Crippen molar-refractivity contribution in [3.05, 3.63) is 30.0 Å². The molecule has 0 spiro atoms. The molecule has 2 heterocycles. The van der Waals surface area contributed by atoms with E-state index in [2.05, 4.69) is 15.1 Å². The number of hydrogen-bond donors (Lipinski definition) is 1. The second-order valence-corrected chi connectivity index (χ2v) is 5.78. The van der Waals surface area contributed by atoms with E-state index in [1.807, 2.05) is 4.72 Å². The van der Waals surface area contributed by atoms with Crippen LogP contribution in [0.3, 0.4) is 0 Å². The molecule has 0 aliphatic rings. The monoisotopic (exact) mass is 321 g/mol. The Hall–Kier alpha value is -2.17. The van der Waals surface area contributed by atoms with Crippen LogP contribution in [0.15, 0.2) is 23.5 Å². The minimum absolute atomic E-state index is 0.183. The first-order valence-electron chi connectivity index (χ1n) is 5.52. The molecule has 0 saturated heterocycles. The Balaban J connectivity index is 2.43. The van der Waals surface area contributed by atoms with E-state index in [0.717, 1.165) is 13.2 Å². The molecule has 114 valence electrons. The molecule has 2 rings (SSSR count). The molecule has 0 aromatic carbocycles. The van der Waals surface area contributed by atoms with Gasteiger partial charge in [0.1, 0.15) is 4.90 Å². The molecule has 0 unspecified atom stereocenters. The number of aromatic nitrogens is 4. The molecule has 2 aromatic rings. The third-order valence-corrected chi connectivity index (χ3v) is 3.84. The predicted molar refractivity (Wildman–Crippen MR) is 65.8 cm³/mol. The summed E-state index contributed by atoms with van der Waals surface area (Å²) >= 11 is 0. The zero-order chi connectivity index (χ0) is 15.8. The smallest absolute Gasteiger partial charge is 0.262 e. The van der Waals surface area contributed by atoms with Crippen molar-refractivity contribution in [2.75, 3.05) is 4.72 Å². The van der Waals surface area contributed by atoms with Crippen molar-refractivity contribution in [3.8, 4) is 0 Å². The zero-order valence-electron chi connectivity index (χ0n) is 10.9. The first-order valence-corrected chi connectivity index (χ1v) is 7.00. The van der Waals surface area contributed by atoms with Gasteiger partial charge in [0.25, 0.3) is 10.0 Å². The van der Waals surface area contributed by atoms with Crippen LogP contribution in [-0.4, -0.2) is 28.2 Å². The minimum atomic E-state index is -4.85. The van der Waals surface area contributed by atoms with Gasteiger partial charge in [0.2, 0.25) is 0 Å². The predicted octanol–water partition coefficient (Wildman–Crippen LogP) is 1.34. The molecule has 7 nitrogen and oxygen atoms in total. The zero-order valence-corrected chi connectivity index (χ0v) is 11.7. The number of halogens is 3. The highest BCUT2D eigenvalue weighted by atomic mass is 32.2. The number of rotatable bonds is 3. The summed E-state index contributed by atoms with van der Waals surface area (Å²) in [6, 6.07) is 0. The molecule has 2 aromatic heterocycles. The van der Waals surface area contributed by atoms with Gasteiger partial charge in [0.15, 0.2) is 11.5 Å². The van der Waals surface area contributed by atoms with Gasteiger partial charge in [-0.05, 0) is 6.92 Å². The van der Waals surface area contributed by atoms with E-state index in [0.29, 0.717) is 16.6 Å². The summed E-state index contributed by atoms with van der Waals surface area (Å²) in [6.07, 6.45) is -1.83. The Morgan fingerprint density at radius 3 is 2.38 bits per heavy atom. The number of aryl methyl sites for hydroxylation is 2. The van der Waals surface area contributed by atoms with Gasteiger partial charge in [0.05, 0.1) is 24.3 Å². The Kier molecular flexibility index (Phi) is 3.61. The van der Waals surface area contributed by atoms with Gasteiger partial charge in [-0.25, -0.2) is 13.4 Å². The second kappa shape index (κ2) is 4.98. The van der Waals surface area contributed by atoms with Crippen molar-refractivity contribution in [1.29, 1.82) is 0 Å². The lowest BCUT2D eigenvalue weighted by molar-refractivity contribution is -0.146. The van der Waals surface area contributed by atoms with Crippen LogP contribution < -0.4 is 4.72 Å². The normalized spacial score (nSPS) is 12.4. The quantitative estimate of drug-likeness (QED) is 0.921. The number of hydrogen-bond acceptors (Lipinski definition) is 5. The lowest BCUT2D eigenvalue weighted by atomic mass is 10.4. The maximum Gasteiger partial charge on any atom is 0.434 e. The largest absolute Gasteiger partial charge is 0.434 e. The van der Waals surface area contributed by atoms with Crippen LogP contribution in [-0.2, 0) is 23.2 Å². The SMILES string of the molecule is Cc1cnc(NS(=O)(=O)c2cnn(C)c2C(F)(F)F)cn1. The molecule has 0 atom stereocenters. The highest BCUT2D eigenvalue weighted by Gasteiger charge is 2.41. The van der Waals surface area contributed by atoms with E-state index in [-0.39, 0.29) is 5.82 Å². The van der Waals surface area contributed by atoms with Crippen molar-refractivity contribution < 1.29 is 21.6 Å². The summed E-state index contributed by atoms with van der Waals surface area (Å²) in [6.45, 7) is 1.63. The van der Waals surface area contributed by atoms with Gasteiger partial charge in [-0.15, -0.1) is 0 Å². The van der Waals surface area contributed by atoms with E-state index < -0.39 is 26.8 Å². The fraction of sp³-hybridized carbons (Fsp3) is 0.300. The van der Waals surface area contributed by atoms with E-state index >= 15 is 0 Å². The summed E-state index contributed by atoms with van der Waals surface area (Å²) in [5.74, 6) is -0.183. The average Bonchev–Trinajstić information content (AvgIpc) is 2.74. The Morgan fingerprint density at radius 2 is 1.86 bits per heavy atom. The third-order valence-electron chi connectivity index (χ3n) is 2.48. The second-order valence-electron chi connectivity index (χ2n) is 4.13. The highest BCUT2D eigenvalue weighted by molar-refractivity contribution is 7.92. The summed E-state index contributed by atoms with van der Waals surface area (Å²) in [4.78, 5) is 6.55. The van der Waals surface area contributed by atoms with Crippen LogP contribution in [0.1, 0.15) is 11.4 Å². The van der Waals surface area contributed by atoms with E-state index in [1.54, 1.807) is 6.92 Å². The highest BCUT2D eigenvalue weighted by Crippen LogP contribution is 2.34. The molecule has 11 heteroatoms. The molecular weight excluding hydrogens is 311 g/mol. The minimum Gasteiger partial charge on any atom is -0.262 e. The van der Waals surface area contributed by atoms with Crippen LogP contribution in [0.25, 0.3) is 0 Å². The van der Waals surface area contributed by atoms with E-state index in [9.17, 15) is 21.6 Å². The Labute approximate surface area is 117 Å². The molecule has 0 fully saturated rings. The lowest BCUT2D eigenvalue weighted by Crippen LogP contribution is -2.20. The van der Waals surface area contributed by atoms with Crippen molar-refractivity contribution in [2.45, 2.75) is 18.0 Å². The van der Waals surface area contributed by atoms with Gasteiger partial charge in [-0.2, -0.15) is 18.3 Å². The van der Waals surface area contributed by atoms with Crippen LogP contribution in [0.2, 0.25) is 0 Å². The van der Waals surface area contributed by atoms with Crippen LogP contribution in [0.4, 0.5) is 19.0 Å². The molecule has 1 N–H and O–H groups in total. The van der Waals surface area contributed by atoms with Gasteiger partial charge in [0, 0.05) is 7.05 Å². The Bertz CT molecular complexity index is 752. The molecule has 0 radical (unpaired) electrons. The van der Waals surface area contributed by atoms with Crippen molar-refractivity contribution in [3.63, 3.8) is 0 Å². The molecular formula is C10H10F3N5O2S. The molecule has 0 aliphatic heterocycles. The first kappa shape index (κ1) is 15.2. The van der Waals surface area contributed by atoms with E-state index in [4.69, 9.17) is 0 Å². The topological polar surface area (TPSA) is 89.8 Å². The number of nitrogens with zero attached hydrogens (tertiary/aromatic N) is 4. The summed E-state index contributed by atoms with van der Waals surface area (Å²) in [5.41, 5.74) is -0.828. The number of anilines is 1. The average molecular weight is 321 g/mol. The molecule has 21 heavy (non-hydrogen) atoms. The van der Waals surface area contributed by atoms with Gasteiger partial charge < -0.3 is 0 Å². The molecule has 0 saturated carbocycles. The summed E-state index contributed by atoms with van der Waals surface area (Å²) in [5, 5.41) is 3.35. The molecule has 0 bridgehead atoms. The van der Waals surface area contributed by atoms with Crippen LogP contribution >= 0.6 is 0 Å². The first-order chi connectivity index (χ1) is 9.61. The molecule has 0 amide bonds. The van der Waals surface area contributed by atoms with Gasteiger partial charge in [-0.3, -0.25) is 14.4 Å². The van der Waals surface area contributed by atoms with Gasteiger partial charge >= 0.3 is 6.18 Å². The fourth-order valence-corrected chi connectivity index (χ4v) is 2.75. The van der Waals surface area contributed by atoms with Crippen LogP contribution in [0.5, 0.6) is 0 Å². The van der Waals surface area contributed by atoms with E-state index in [1.165, 1.54) is 6.20 Å². The summed E-state index contributed by atoms with van der Waals surface area (Å²) in [7, 11) is -3.47. The standard InChI is InChI=1S/C10H10F3N5O2S/c1-6-3-15-8(5-14-6)17-21(19,20)7-4-16-18(2)9(7)10(11,12)13/h3-5H,1-2H3,(H,15,17). The molecule has 0 aliphatic carbocycles. The number of alkyl halides is 3. The lowest BCUT2D eigenvalue weighted by Gasteiger charge is -2.11. The maximum absolute atomic E-state index is 12.9. The maximum atomic E-state index is 12.9. The van der Waals surface area contributed by atoms with Crippen molar-refractivity contribution in [1.82, 2.24) is 19.7 Å². The number of sulfonamides is 1. The van der Waals surface area contributed by atoms with Crippen molar-refractivity contribution in [2.24, 2.45) is 7.05 Å². The number of nitrogens with one attached hydrogen (secondary N) is 1. The Morgan fingerprint density at radius 1 is 1.19 bits per heavy atom. The summed E-state index contributed by atoms with van der Waals surface area (Å²) < 4.78 is 65.1. The fourth-order valence-electron chi connectivity index (χ4n) is 1.58. The van der Waals surface area contributed by atoms with Gasteiger partial charge in [-0.1, -0.05) is 0 Å². The third kappa shape index (κ3) is 3.12. The van der Waals surface area contributed by atoms with Crippen molar-refractivity contribution >= 4 is 15.8 Å².